The molecule has 0 unspecified atom stereocenters. The van der Waals surface area contributed by atoms with Crippen molar-refractivity contribution in [3.8, 4) is 34.1 Å². The number of methoxy groups -OCH3 is 1. The summed E-state index contributed by atoms with van der Waals surface area (Å²) in [5.41, 5.74) is 0.288. The van der Waals surface area contributed by atoms with E-state index in [1.807, 2.05) is 0 Å². The summed E-state index contributed by atoms with van der Waals surface area (Å²) in [6.45, 7) is 3.09. The minimum atomic E-state index is -4.80. The maximum Gasteiger partial charge on any atom is 0.573 e. The lowest BCUT2D eigenvalue weighted by molar-refractivity contribution is -0.274. The molecule has 0 fully saturated rings. The summed E-state index contributed by atoms with van der Waals surface area (Å²) in [6.07, 6.45) is -4.80. The lowest BCUT2D eigenvalue weighted by Gasteiger charge is -2.17. The van der Waals surface area contributed by atoms with Gasteiger partial charge in [0.2, 0.25) is 0 Å². The van der Waals surface area contributed by atoms with E-state index in [1.165, 1.54) is 25.3 Å². The maximum absolute atomic E-state index is 12.7. The van der Waals surface area contributed by atoms with Gasteiger partial charge in [0.15, 0.2) is 5.82 Å². The zero-order chi connectivity index (χ0) is 24.2. The number of alkyl halides is 3. The van der Waals surface area contributed by atoms with E-state index in [-0.39, 0.29) is 23.8 Å². The van der Waals surface area contributed by atoms with Crippen molar-refractivity contribution in [3.63, 3.8) is 0 Å². The number of halogens is 3. The number of benzene rings is 2. The minimum absolute atomic E-state index is 0.00742. The summed E-state index contributed by atoms with van der Waals surface area (Å²) in [4.78, 5) is 21.5. The number of nitrogens with zero attached hydrogens (tertiary/aromatic N) is 2. The monoisotopic (exact) mass is 461 g/mol. The van der Waals surface area contributed by atoms with E-state index in [0.29, 0.717) is 22.6 Å². The number of amides is 1. The second kappa shape index (κ2) is 9.45. The molecule has 1 aromatic heterocycles. The molecule has 0 atom stereocenters. The molecule has 0 aliphatic rings. The molecule has 7 nitrogen and oxygen atoms in total. The summed E-state index contributed by atoms with van der Waals surface area (Å²) >= 11 is 0. The molecule has 0 radical (unpaired) electrons. The van der Waals surface area contributed by atoms with Gasteiger partial charge in [-0.25, -0.2) is 9.97 Å². The highest BCUT2D eigenvalue weighted by molar-refractivity contribution is 5.93. The number of hydrogen-bond donors (Lipinski definition) is 2. The van der Waals surface area contributed by atoms with Crippen LogP contribution in [-0.4, -0.2) is 46.6 Å². The molecule has 0 spiro atoms. The topological polar surface area (TPSA) is 93.6 Å². The van der Waals surface area contributed by atoms with Crippen LogP contribution in [0.25, 0.3) is 22.6 Å². The third-order valence-corrected chi connectivity index (χ3v) is 4.37. The van der Waals surface area contributed by atoms with Gasteiger partial charge in [-0.2, -0.15) is 0 Å². The standard InChI is InChI=1S/C23H22F3N3O4/c1-22(2,31)13-27-21(30)19-12-18(14-4-10-17(11-5-14)33-23(24,25)26)28-20(29-19)15-6-8-16(32-3)9-7-15/h4-12,31H,13H2,1-3H3,(H,27,30). The minimum Gasteiger partial charge on any atom is -0.497 e. The van der Waals surface area contributed by atoms with Gasteiger partial charge in [-0.15, -0.1) is 13.2 Å². The summed E-state index contributed by atoms with van der Waals surface area (Å²) < 4.78 is 46.4. The number of aliphatic hydroxyl groups is 1. The number of carbonyl (C=O) groups is 1. The summed E-state index contributed by atoms with van der Waals surface area (Å²) in [6, 6.07) is 13.4. The first-order chi connectivity index (χ1) is 15.4. The first kappa shape index (κ1) is 24.0. The van der Waals surface area contributed by atoms with Crippen LogP contribution in [0.15, 0.2) is 54.6 Å². The first-order valence-corrected chi connectivity index (χ1v) is 9.84. The Morgan fingerprint density at radius 3 is 2.09 bits per heavy atom. The molecule has 1 heterocycles. The molecule has 3 aromatic rings. The van der Waals surface area contributed by atoms with Crippen molar-refractivity contribution < 1.29 is 32.5 Å². The molecule has 10 heteroatoms. The summed E-state index contributed by atoms with van der Waals surface area (Å²) in [7, 11) is 1.53. The lowest BCUT2D eigenvalue weighted by Crippen LogP contribution is -2.38. The number of carbonyl (C=O) groups excluding carboxylic acids is 1. The van der Waals surface area contributed by atoms with Gasteiger partial charge in [-0.05, 0) is 68.4 Å². The first-order valence-electron chi connectivity index (χ1n) is 9.84. The Morgan fingerprint density at radius 1 is 0.970 bits per heavy atom. The smallest absolute Gasteiger partial charge is 0.497 e. The van der Waals surface area contributed by atoms with E-state index in [0.717, 1.165) is 12.1 Å². The largest absolute Gasteiger partial charge is 0.573 e. The van der Waals surface area contributed by atoms with Crippen LogP contribution in [0.1, 0.15) is 24.3 Å². The SMILES string of the molecule is COc1ccc(-c2nc(C(=O)NCC(C)(C)O)cc(-c3ccc(OC(F)(F)F)cc3)n2)cc1. The number of ether oxygens (including phenoxy) is 2. The third kappa shape index (κ3) is 6.91. The van der Waals surface area contributed by atoms with E-state index in [4.69, 9.17) is 4.74 Å². The van der Waals surface area contributed by atoms with Gasteiger partial charge in [0.25, 0.3) is 5.91 Å². The zero-order valence-corrected chi connectivity index (χ0v) is 18.1. The highest BCUT2D eigenvalue weighted by atomic mass is 19.4. The molecule has 174 valence electrons. The van der Waals surface area contributed by atoms with Crippen molar-refractivity contribution in [2.45, 2.75) is 25.8 Å². The number of hydrogen-bond acceptors (Lipinski definition) is 6. The second-order valence-corrected chi connectivity index (χ2v) is 7.76. The molecule has 0 saturated carbocycles. The van der Waals surface area contributed by atoms with Gasteiger partial charge in [-0.3, -0.25) is 4.79 Å². The Labute approximate surface area is 188 Å². The molecule has 33 heavy (non-hydrogen) atoms. The molecule has 0 saturated heterocycles. The van der Waals surface area contributed by atoms with Gasteiger partial charge in [-0.1, -0.05) is 0 Å². The molecule has 0 aliphatic heterocycles. The van der Waals surface area contributed by atoms with E-state index in [1.54, 1.807) is 38.1 Å². The predicted molar refractivity (Wildman–Crippen MR) is 115 cm³/mol. The van der Waals surface area contributed by atoms with Crippen LogP contribution in [0, 0.1) is 0 Å². The Bertz CT molecular complexity index is 1110. The van der Waals surface area contributed by atoms with Gasteiger partial charge in [0.05, 0.1) is 18.4 Å². The zero-order valence-electron chi connectivity index (χ0n) is 18.1. The fourth-order valence-corrected chi connectivity index (χ4v) is 2.80. The lowest BCUT2D eigenvalue weighted by atomic mass is 10.1. The van der Waals surface area contributed by atoms with Crippen LogP contribution in [0.5, 0.6) is 11.5 Å². The number of nitrogens with one attached hydrogen (secondary N) is 1. The van der Waals surface area contributed by atoms with Gasteiger partial charge < -0.3 is 19.9 Å². The predicted octanol–water partition coefficient (Wildman–Crippen LogP) is 4.22. The molecule has 2 aromatic carbocycles. The van der Waals surface area contributed by atoms with Crippen molar-refractivity contribution in [2.75, 3.05) is 13.7 Å². The van der Waals surface area contributed by atoms with Crippen LogP contribution in [0.2, 0.25) is 0 Å². The van der Waals surface area contributed by atoms with Crippen LogP contribution in [0.4, 0.5) is 13.2 Å². The molecular formula is C23H22F3N3O4. The summed E-state index contributed by atoms with van der Waals surface area (Å²) in [5, 5.41) is 12.5. The van der Waals surface area contributed by atoms with Crippen molar-refractivity contribution in [3.05, 3.63) is 60.3 Å². The molecule has 2 N–H and O–H groups in total. The Balaban J connectivity index is 2.00. The van der Waals surface area contributed by atoms with Crippen molar-refractivity contribution in [2.24, 2.45) is 0 Å². The van der Waals surface area contributed by atoms with Gasteiger partial charge in [0, 0.05) is 17.7 Å². The van der Waals surface area contributed by atoms with Gasteiger partial charge in [0.1, 0.15) is 17.2 Å². The van der Waals surface area contributed by atoms with Crippen molar-refractivity contribution in [1.29, 1.82) is 0 Å². The molecule has 0 bridgehead atoms. The van der Waals surface area contributed by atoms with Crippen LogP contribution < -0.4 is 14.8 Å². The second-order valence-electron chi connectivity index (χ2n) is 7.76. The molecule has 3 rings (SSSR count). The van der Waals surface area contributed by atoms with Gasteiger partial charge >= 0.3 is 6.36 Å². The van der Waals surface area contributed by atoms with E-state index < -0.39 is 17.9 Å². The Hall–Kier alpha value is -3.66. The van der Waals surface area contributed by atoms with E-state index >= 15 is 0 Å². The molecule has 1 amide bonds. The normalized spacial score (nSPS) is 11.7. The average molecular weight is 461 g/mol. The van der Waals surface area contributed by atoms with Crippen LogP contribution in [0.3, 0.4) is 0 Å². The molecule has 0 aliphatic carbocycles. The Kier molecular flexibility index (Phi) is 6.87. The average Bonchev–Trinajstić information content (AvgIpc) is 2.76. The fraction of sp³-hybridized carbons (Fsp3) is 0.261. The summed E-state index contributed by atoms with van der Waals surface area (Å²) in [5.74, 6) is -0.0520. The molecular weight excluding hydrogens is 439 g/mol. The third-order valence-electron chi connectivity index (χ3n) is 4.37. The van der Waals surface area contributed by atoms with Crippen molar-refractivity contribution in [1.82, 2.24) is 15.3 Å². The number of aromatic nitrogens is 2. The highest BCUT2D eigenvalue weighted by Crippen LogP contribution is 2.28. The van der Waals surface area contributed by atoms with Crippen LogP contribution >= 0.6 is 0 Å². The maximum atomic E-state index is 12.7. The highest BCUT2D eigenvalue weighted by Gasteiger charge is 2.31. The van der Waals surface area contributed by atoms with Crippen molar-refractivity contribution >= 4 is 5.91 Å². The van der Waals surface area contributed by atoms with Crippen LogP contribution in [-0.2, 0) is 0 Å². The van der Waals surface area contributed by atoms with E-state index in [2.05, 4.69) is 20.0 Å². The Morgan fingerprint density at radius 2 is 1.55 bits per heavy atom. The van der Waals surface area contributed by atoms with E-state index in [9.17, 15) is 23.1 Å². The quantitative estimate of drug-likeness (QED) is 0.547. The fourth-order valence-electron chi connectivity index (χ4n) is 2.80. The number of rotatable bonds is 7.